The van der Waals surface area contributed by atoms with E-state index in [9.17, 15) is 0 Å². The average molecular weight is 316 g/mol. The molecule has 0 bridgehead atoms. The number of hydrogen-bond donors (Lipinski definition) is 0. The van der Waals surface area contributed by atoms with Gasteiger partial charge < -0.3 is 0 Å². The van der Waals surface area contributed by atoms with E-state index in [2.05, 4.69) is 47.4 Å². The molecule has 0 N–H and O–H groups in total. The largest absolute Gasteiger partial charge is 0.234 e. The van der Waals surface area contributed by atoms with Crippen molar-refractivity contribution in [2.75, 3.05) is 0 Å². The lowest BCUT2D eigenvalue weighted by Gasteiger charge is -2.00. The summed E-state index contributed by atoms with van der Waals surface area (Å²) in [6, 6.07) is 10.2. The normalized spacial score (nSPS) is 12.0. The van der Waals surface area contributed by atoms with Crippen molar-refractivity contribution >= 4 is 40.2 Å². The highest BCUT2D eigenvalue weighted by molar-refractivity contribution is 7.99. The van der Waals surface area contributed by atoms with Gasteiger partial charge in [-0.1, -0.05) is 61.6 Å². The maximum Gasteiger partial charge on any atom is 0.234 e. The number of thioether (sulfide) groups is 1. The van der Waals surface area contributed by atoms with E-state index in [1.807, 2.05) is 40.6 Å². The first-order chi connectivity index (χ1) is 10.2. The summed E-state index contributed by atoms with van der Waals surface area (Å²) in [4.78, 5) is 0.849. The Morgan fingerprint density at radius 1 is 1.19 bits per heavy atom. The quantitative estimate of drug-likeness (QED) is 0.713. The van der Waals surface area contributed by atoms with Crippen molar-refractivity contribution in [1.82, 2.24) is 19.8 Å². The zero-order chi connectivity index (χ0) is 14.7. The van der Waals surface area contributed by atoms with Gasteiger partial charge in [-0.3, -0.25) is 0 Å². The minimum Gasteiger partial charge on any atom is -0.186 e. The number of fused-ring (bicyclic) bond motifs is 1. The van der Waals surface area contributed by atoms with Crippen LogP contribution in [0.1, 0.15) is 30.2 Å². The molecule has 0 saturated heterocycles. The Bertz CT molecular complexity index is 743. The second-order valence-corrected chi connectivity index (χ2v) is 7.41. The fraction of sp³-hybridized carbons (Fsp3) is 0.267. The van der Waals surface area contributed by atoms with E-state index in [-0.39, 0.29) is 0 Å². The predicted octanol–water partition coefficient (Wildman–Crippen LogP) is 4.00. The molecule has 0 spiro atoms. The molecule has 0 radical (unpaired) electrons. The van der Waals surface area contributed by atoms with Crippen LogP contribution in [0.5, 0.6) is 0 Å². The van der Waals surface area contributed by atoms with E-state index < -0.39 is 0 Å². The molecule has 3 aromatic rings. The molecule has 3 rings (SSSR count). The van der Waals surface area contributed by atoms with E-state index >= 15 is 0 Å². The van der Waals surface area contributed by atoms with E-state index in [0.29, 0.717) is 5.25 Å². The van der Waals surface area contributed by atoms with Crippen molar-refractivity contribution in [3.8, 4) is 0 Å². The monoisotopic (exact) mass is 316 g/mol. The molecular formula is C15H16N4S2. The first kappa shape index (κ1) is 14.3. The second-order valence-electron chi connectivity index (χ2n) is 4.85. The first-order valence-electron chi connectivity index (χ1n) is 6.78. The Balaban J connectivity index is 1.80. The van der Waals surface area contributed by atoms with Crippen molar-refractivity contribution in [3.05, 3.63) is 46.7 Å². The highest BCUT2D eigenvalue weighted by Crippen LogP contribution is 2.20. The summed E-state index contributed by atoms with van der Waals surface area (Å²) in [6.07, 6.45) is 4.09. The molecule has 0 amide bonds. The van der Waals surface area contributed by atoms with Gasteiger partial charge in [-0.15, -0.1) is 10.2 Å². The average Bonchev–Trinajstić information content (AvgIpc) is 3.04. The highest BCUT2D eigenvalue weighted by atomic mass is 32.2. The van der Waals surface area contributed by atoms with Crippen LogP contribution >= 0.6 is 23.1 Å². The number of aromatic nitrogens is 4. The third kappa shape index (κ3) is 3.51. The maximum absolute atomic E-state index is 4.58. The summed E-state index contributed by atoms with van der Waals surface area (Å²) in [6.45, 7) is 4.36. The summed E-state index contributed by atoms with van der Waals surface area (Å²) in [5, 5.41) is 14.5. The van der Waals surface area contributed by atoms with Crippen LogP contribution in [0, 0.1) is 0 Å². The Morgan fingerprint density at radius 2 is 2.00 bits per heavy atom. The summed E-state index contributed by atoms with van der Waals surface area (Å²) in [7, 11) is 0. The third-order valence-electron chi connectivity index (χ3n) is 2.83. The molecule has 2 heterocycles. The van der Waals surface area contributed by atoms with Gasteiger partial charge in [0, 0.05) is 0 Å². The second kappa shape index (κ2) is 6.41. The van der Waals surface area contributed by atoms with E-state index in [1.165, 1.54) is 5.56 Å². The summed E-state index contributed by atoms with van der Waals surface area (Å²) in [5.41, 5.74) is 1.17. The van der Waals surface area contributed by atoms with Gasteiger partial charge in [0.2, 0.25) is 4.96 Å². The molecule has 2 aromatic heterocycles. The van der Waals surface area contributed by atoms with Gasteiger partial charge in [-0.2, -0.15) is 21.4 Å². The van der Waals surface area contributed by atoms with Gasteiger partial charge in [-0.25, -0.2) is 0 Å². The standard InChI is InChI=1S/C15H16N4S2/c1-11(2)20-10-13-16-17-15-19(13)18-14(21-15)9-8-12-6-4-3-5-7-12/h3-9,11H,10H2,1-2H3. The van der Waals surface area contributed by atoms with E-state index in [4.69, 9.17) is 0 Å². The topological polar surface area (TPSA) is 43.1 Å². The van der Waals surface area contributed by atoms with E-state index in [1.54, 1.807) is 11.3 Å². The van der Waals surface area contributed by atoms with Crippen molar-refractivity contribution in [1.29, 1.82) is 0 Å². The Hall–Kier alpha value is -1.66. The van der Waals surface area contributed by atoms with E-state index in [0.717, 1.165) is 21.5 Å². The van der Waals surface area contributed by atoms with Crippen LogP contribution in [0.3, 0.4) is 0 Å². The van der Waals surface area contributed by atoms with Crippen molar-refractivity contribution in [2.24, 2.45) is 0 Å². The fourth-order valence-electron chi connectivity index (χ4n) is 1.80. The van der Waals surface area contributed by atoms with Crippen LogP contribution < -0.4 is 0 Å². The first-order valence-corrected chi connectivity index (χ1v) is 8.65. The lowest BCUT2D eigenvalue weighted by molar-refractivity contribution is 0.878. The fourth-order valence-corrected chi connectivity index (χ4v) is 3.22. The SMILES string of the molecule is CC(C)SCc1nnc2sc(C=Cc3ccccc3)nn12. The zero-order valence-electron chi connectivity index (χ0n) is 11.9. The molecular weight excluding hydrogens is 300 g/mol. The molecule has 0 aliphatic rings. The molecule has 0 fully saturated rings. The highest BCUT2D eigenvalue weighted by Gasteiger charge is 2.10. The van der Waals surface area contributed by atoms with Gasteiger partial charge in [-0.05, 0) is 16.9 Å². The van der Waals surface area contributed by atoms with Crippen LogP contribution in [0.15, 0.2) is 30.3 Å². The minimum absolute atomic E-state index is 0.577. The zero-order valence-corrected chi connectivity index (χ0v) is 13.6. The van der Waals surface area contributed by atoms with Crippen LogP contribution in [-0.4, -0.2) is 25.1 Å². The Labute approximate surface area is 131 Å². The maximum atomic E-state index is 4.58. The molecule has 1 aromatic carbocycles. The molecule has 0 unspecified atom stereocenters. The molecule has 0 saturated carbocycles. The molecule has 21 heavy (non-hydrogen) atoms. The molecule has 108 valence electrons. The third-order valence-corrected chi connectivity index (χ3v) is 4.79. The number of nitrogens with zero attached hydrogens (tertiary/aromatic N) is 4. The minimum atomic E-state index is 0.577. The van der Waals surface area contributed by atoms with Gasteiger partial charge in [0.25, 0.3) is 0 Å². The number of benzene rings is 1. The number of hydrogen-bond acceptors (Lipinski definition) is 5. The van der Waals surface area contributed by atoms with Crippen molar-refractivity contribution in [3.63, 3.8) is 0 Å². The van der Waals surface area contributed by atoms with Crippen LogP contribution in [0.2, 0.25) is 0 Å². The van der Waals surface area contributed by atoms with Gasteiger partial charge >= 0.3 is 0 Å². The van der Waals surface area contributed by atoms with Crippen LogP contribution in [0.4, 0.5) is 0 Å². The Kier molecular flexibility index (Phi) is 4.36. The molecule has 0 atom stereocenters. The predicted molar refractivity (Wildman–Crippen MR) is 90.5 cm³/mol. The van der Waals surface area contributed by atoms with Crippen molar-refractivity contribution < 1.29 is 0 Å². The van der Waals surface area contributed by atoms with Gasteiger partial charge in [0.1, 0.15) is 5.01 Å². The summed E-state index contributed by atoms with van der Waals surface area (Å²) < 4.78 is 1.85. The summed E-state index contributed by atoms with van der Waals surface area (Å²) in [5.74, 6) is 1.75. The molecule has 0 aliphatic carbocycles. The summed E-state index contributed by atoms with van der Waals surface area (Å²) >= 11 is 3.40. The molecule has 4 nitrogen and oxygen atoms in total. The van der Waals surface area contributed by atoms with Gasteiger partial charge in [0.05, 0.1) is 5.75 Å². The van der Waals surface area contributed by atoms with Crippen LogP contribution in [-0.2, 0) is 5.75 Å². The Morgan fingerprint density at radius 3 is 2.76 bits per heavy atom. The molecule has 0 aliphatic heterocycles. The number of rotatable bonds is 5. The van der Waals surface area contributed by atoms with Gasteiger partial charge in [0.15, 0.2) is 5.82 Å². The lowest BCUT2D eigenvalue weighted by Crippen LogP contribution is -1.96. The molecule has 6 heteroatoms. The van der Waals surface area contributed by atoms with Crippen LogP contribution in [0.25, 0.3) is 17.1 Å². The van der Waals surface area contributed by atoms with Crippen molar-refractivity contribution in [2.45, 2.75) is 24.9 Å². The smallest absolute Gasteiger partial charge is 0.186 e. The lowest BCUT2D eigenvalue weighted by atomic mass is 10.2.